The second-order valence-corrected chi connectivity index (χ2v) is 4.72. The Bertz CT molecular complexity index is 195. The van der Waals surface area contributed by atoms with Crippen LogP contribution in [0.1, 0.15) is 65.2 Å². The van der Waals surface area contributed by atoms with Crippen LogP contribution in [0.2, 0.25) is 0 Å². The van der Waals surface area contributed by atoms with Crippen molar-refractivity contribution in [3.8, 4) is 0 Å². The van der Waals surface area contributed by atoms with Crippen molar-refractivity contribution >= 4 is 5.97 Å². The van der Waals surface area contributed by atoms with Gasteiger partial charge in [-0.05, 0) is 12.8 Å². The van der Waals surface area contributed by atoms with Crippen molar-refractivity contribution in [2.24, 2.45) is 0 Å². The lowest BCUT2D eigenvalue weighted by molar-refractivity contribution is -0.161. The number of unbranched alkanes of at least 4 members (excludes halogenated alkanes) is 6. The number of carbonyl (C=O) groups excluding carboxylic acids is 1. The molecule has 0 unspecified atom stereocenters. The van der Waals surface area contributed by atoms with Crippen molar-refractivity contribution in [1.29, 1.82) is 0 Å². The summed E-state index contributed by atoms with van der Waals surface area (Å²) < 4.78 is 15.3. The molecule has 0 N–H and O–H groups in total. The minimum absolute atomic E-state index is 0.0331. The number of hydrogen-bond donors (Lipinski definition) is 0. The highest BCUT2D eigenvalue weighted by atomic mass is 16.7. The van der Waals surface area contributed by atoms with E-state index in [2.05, 4.69) is 13.8 Å². The van der Waals surface area contributed by atoms with Crippen molar-refractivity contribution in [3.63, 3.8) is 0 Å². The lowest BCUT2D eigenvalue weighted by Crippen LogP contribution is -2.15. The maximum Gasteiger partial charge on any atom is 0.334 e. The van der Waals surface area contributed by atoms with Gasteiger partial charge in [-0.1, -0.05) is 52.4 Å². The molecule has 0 atom stereocenters. The first-order valence-corrected chi connectivity index (χ1v) is 7.62. The summed E-state index contributed by atoms with van der Waals surface area (Å²) in [5.41, 5.74) is 0. The van der Waals surface area contributed by atoms with Crippen LogP contribution in [-0.2, 0) is 19.0 Å². The van der Waals surface area contributed by atoms with Crippen LogP contribution >= 0.6 is 0 Å². The normalized spacial score (nSPS) is 10.6. The molecule has 0 aromatic carbocycles. The van der Waals surface area contributed by atoms with Crippen molar-refractivity contribution in [2.45, 2.75) is 65.2 Å². The van der Waals surface area contributed by atoms with Crippen LogP contribution in [0.3, 0.4) is 0 Å². The van der Waals surface area contributed by atoms with E-state index < -0.39 is 0 Å². The molecule has 0 bridgehead atoms. The molecular formula is C15H30O4. The molecule has 0 aliphatic rings. The third kappa shape index (κ3) is 15.3. The lowest BCUT2D eigenvalue weighted by atomic mass is 10.2. The number of hydrogen-bond acceptors (Lipinski definition) is 4. The summed E-state index contributed by atoms with van der Waals surface area (Å²) in [5.74, 6) is -0.343. The SMILES string of the molecule is CCCCCCOCOC(=O)COCCCCCC. The van der Waals surface area contributed by atoms with E-state index in [1.165, 1.54) is 32.1 Å². The van der Waals surface area contributed by atoms with Crippen molar-refractivity contribution in [2.75, 3.05) is 26.6 Å². The Morgan fingerprint density at radius 3 is 1.95 bits per heavy atom. The Balaban J connectivity index is 3.13. The van der Waals surface area contributed by atoms with Crippen LogP contribution in [0, 0.1) is 0 Å². The standard InChI is InChI=1S/C15H30O4/c1-3-5-7-9-11-17-13-15(16)19-14-18-12-10-8-6-4-2/h3-14H2,1-2H3. The highest BCUT2D eigenvalue weighted by molar-refractivity contribution is 5.70. The van der Waals surface area contributed by atoms with Gasteiger partial charge in [0.1, 0.15) is 6.61 Å². The van der Waals surface area contributed by atoms with Gasteiger partial charge in [-0.2, -0.15) is 0 Å². The number of esters is 1. The van der Waals surface area contributed by atoms with E-state index in [1.807, 2.05) is 0 Å². The van der Waals surface area contributed by atoms with Gasteiger partial charge in [-0.25, -0.2) is 4.79 Å². The van der Waals surface area contributed by atoms with E-state index in [1.54, 1.807) is 0 Å². The number of rotatable bonds is 14. The summed E-state index contributed by atoms with van der Waals surface area (Å²) in [6.45, 7) is 5.71. The summed E-state index contributed by atoms with van der Waals surface area (Å²) in [6.07, 6.45) is 9.24. The molecule has 0 aromatic heterocycles. The fraction of sp³-hybridized carbons (Fsp3) is 0.933. The maximum absolute atomic E-state index is 11.2. The maximum atomic E-state index is 11.2. The van der Waals surface area contributed by atoms with Crippen LogP contribution in [-0.4, -0.2) is 32.6 Å². The minimum atomic E-state index is -0.343. The average Bonchev–Trinajstić information content (AvgIpc) is 2.41. The Morgan fingerprint density at radius 2 is 1.37 bits per heavy atom. The molecule has 0 rings (SSSR count). The zero-order valence-corrected chi connectivity index (χ0v) is 12.6. The zero-order chi connectivity index (χ0) is 14.2. The quantitative estimate of drug-likeness (QED) is 0.275. The zero-order valence-electron chi connectivity index (χ0n) is 12.6. The first kappa shape index (κ1) is 18.4. The van der Waals surface area contributed by atoms with Crippen LogP contribution in [0.25, 0.3) is 0 Å². The van der Waals surface area contributed by atoms with Gasteiger partial charge in [0.25, 0.3) is 0 Å². The average molecular weight is 274 g/mol. The van der Waals surface area contributed by atoms with Crippen LogP contribution < -0.4 is 0 Å². The third-order valence-electron chi connectivity index (χ3n) is 2.81. The van der Waals surface area contributed by atoms with Gasteiger partial charge in [-0.15, -0.1) is 0 Å². The van der Waals surface area contributed by atoms with E-state index in [0.717, 1.165) is 19.3 Å². The number of ether oxygens (including phenoxy) is 3. The molecule has 0 amide bonds. The minimum Gasteiger partial charge on any atom is -0.437 e. The van der Waals surface area contributed by atoms with Crippen LogP contribution in [0.15, 0.2) is 0 Å². The molecule has 0 fully saturated rings. The molecule has 0 saturated heterocycles. The van der Waals surface area contributed by atoms with E-state index in [0.29, 0.717) is 13.2 Å². The second kappa shape index (κ2) is 15.4. The van der Waals surface area contributed by atoms with Gasteiger partial charge < -0.3 is 14.2 Å². The Kier molecular flexibility index (Phi) is 15.0. The van der Waals surface area contributed by atoms with Gasteiger partial charge in [0.2, 0.25) is 0 Å². The summed E-state index contributed by atoms with van der Waals surface area (Å²) in [7, 11) is 0. The summed E-state index contributed by atoms with van der Waals surface area (Å²) >= 11 is 0. The highest BCUT2D eigenvalue weighted by Gasteiger charge is 2.02. The first-order chi connectivity index (χ1) is 9.31. The molecular weight excluding hydrogens is 244 g/mol. The van der Waals surface area contributed by atoms with Gasteiger partial charge in [-0.3, -0.25) is 0 Å². The molecule has 0 aliphatic heterocycles. The van der Waals surface area contributed by atoms with E-state index in [-0.39, 0.29) is 19.4 Å². The van der Waals surface area contributed by atoms with Gasteiger partial charge in [0.15, 0.2) is 6.79 Å². The Hall–Kier alpha value is -0.610. The summed E-state index contributed by atoms with van der Waals surface area (Å²) in [5, 5.41) is 0. The van der Waals surface area contributed by atoms with Gasteiger partial charge in [0.05, 0.1) is 6.61 Å². The Morgan fingerprint density at radius 1 is 0.789 bits per heavy atom. The van der Waals surface area contributed by atoms with E-state index >= 15 is 0 Å². The van der Waals surface area contributed by atoms with Crippen molar-refractivity contribution in [1.82, 2.24) is 0 Å². The van der Waals surface area contributed by atoms with Crippen LogP contribution in [0.5, 0.6) is 0 Å². The smallest absolute Gasteiger partial charge is 0.334 e. The monoisotopic (exact) mass is 274 g/mol. The first-order valence-electron chi connectivity index (χ1n) is 7.62. The van der Waals surface area contributed by atoms with Crippen molar-refractivity contribution in [3.05, 3.63) is 0 Å². The predicted octanol–water partition coefficient (Wildman–Crippen LogP) is 3.68. The second-order valence-electron chi connectivity index (χ2n) is 4.72. The van der Waals surface area contributed by atoms with Crippen LogP contribution in [0.4, 0.5) is 0 Å². The highest BCUT2D eigenvalue weighted by Crippen LogP contribution is 2.00. The van der Waals surface area contributed by atoms with Gasteiger partial charge >= 0.3 is 5.97 Å². The summed E-state index contributed by atoms with van der Waals surface area (Å²) in [6, 6.07) is 0. The largest absolute Gasteiger partial charge is 0.437 e. The predicted molar refractivity (Wildman–Crippen MR) is 76.0 cm³/mol. The fourth-order valence-corrected chi connectivity index (χ4v) is 1.63. The molecule has 0 radical (unpaired) electrons. The van der Waals surface area contributed by atoms with Crippen molar-refractivity contribution < 1.29 is 19.0 Å². The molecule has 19 heavy (non-hydrogen) atoms. The van der Waals surface area contributed by atoms with E-state index in [4.69, 9.17) is 14.2 Å². The molecule has 0 saturated carbocycles. The molecule has 0 aliphatic carbocycles. The molecule has 114 valence electrons. The summed E-state index contributed by atoms with van der Waals surface area (Å²) in [4.78, 5) is 11.2. The molecule has 4 heteroatoms. The molecule has 0 aromatic rings. The molecule has 0 spiro atoms. The molecule has 4 nitrogen and oxygen atoms in total. The Labute approximate surface area is 117 Å². The fourth-order valence-electron chi connectivity index (χ4n) is 1.63. The number of carbonyl (C=O) groups is 1. The lowest BCUT2D eigenvalue weighted by Gasteiger charge is -2.06. The topological polar surface area (TPSA) is 44.8 Å². The third-order valence-corrected chi connectivity index (χ3v) is 2.81. The van der Waals surface area contributed by atoms with E-state index in [9.17, 15) is 4.79 Å². The van der Waals surface area contributed by atoms with Gasteiger partial charge in [0, 0.05) is 6.61 Å². The molecule has 0 heterocycles.